The van der Waals surface area contributed by atoms with Crippen LogP contribution in [0.4, 0.5) is 11.5 Å². The highest BCUT2D eigenvalue weighted by molar-refractivity contribution is 6.00. The van der Waals surface area contributed by atoms with Crippen LogP contribution in [0.2, 0.25) is 0 Å². The maximum Gasteiger partial charge on any atom is 0.230 e. The Kier molecular flexibility index (Phi) is 3.73. The first-order valence-electron chi connectivity index (χ1n) is 8.50. The monoisotopic (exact) mass is 322 g/mol. The molecule has 5 heteroatoms. The number of rotatable bonds is 3. The summed E-state index contributed by atoms with van der Waals surface area (Å²) in [4.78, 5) is 18.3. The molecule has 0 saturated carbocycles. The van der Waals surface area contributed by atoms with Crippen molar-refractivity contribution in [2.24, 2.45) is 5.73 Å². The summed E-state index contributed by atoms with van der Waals surface area (Å²) in [5.74, 6) is 0.749. The number of hydrogen-bond acceptors (Lipinski definition) is 4. The number of benzene rings is 1. The van der Waals surface area contributed by atoms with E-state index in [4.69, 9.17) is 5.73 Å². The summed E-state index contributed by atoms with van der Waals surface area (Å²) in [6, 6.07) is 12.6. The number of pyridine rings is 1. The minimum Gasteiger partial charge on any atom is -0.371 e. The normalized spacial score (nSPS) is 19.0. The lowest BCUT2D eigenvalue weighted by atomic mass is 9.72. The fourth-order valence-corrected chi connectivity index (χ4v) is 3.98. The van der Waals surface area contributed by atoms with Gasteiger partial charge in [0.05, 0.1) is 6.42 Å². The molecule has 3 heterocycles. The van der Waals surface area contributed by atoms with Crippen molar-refractivity contribution in [1.29, 1.82) is 0 Å². The average molecular weight is 322 g/mol. The third kappa shape index (κ3) is 2.45. The first-order valence-corrected chi connectivity index (χ1v) is 8.50. The fraction of sp³-hybridized carbons (Fsp3) is 0.368. The van der Waals surface area contributed by atoms with E-state index in [1.165, 1.54) is 5.56 Å². The number of amides is 1. The van der Waals surface area contributed by atoms with Crippen LogP contribution >= 0.6 is 0 Å². The number of nitrogens with zero attached hydrogens (tertiary/aromatic N) is 2. The Morgan fingerprint density at radius 2 is 1.92 bits per heavy atom. The molecule has 3 N–H and O–H groups in total. The quantitative estimate of drug-likeness (QED) is 0.907. The molecule has 0 spiro atoms. The second kappa shape index (κ2) is 5.91. The summed E-state index contributed by atoms with van der Waals surface area (Å²) in [5.41, 5.74) is 9.74. The van der Waals surface area contributed by atoms with Crippen molar-refractivity contribution >= 4 is 17.4 Å². The Morgan fingerprint density at radius 3 is 2.62 bits per heavy atom. The van der Waals surface area contributed by atoms with Crippen molar-refractivity contribution in [3.05, 3.63) is 53.7 Å². The smallest absolute Gasteiger partial charge is 0.230 e. The summed E-state index contributed by atoms with van der Waals surface area (Å²) in [5, 5.41) is 2.83. The van der Waals surface area contributed by atoms with Crippen LogP contribution in [0.25, 0.3) is 0 Å². The molecule has 4 rings (SSSR count). The zero-order valence-corrected chi connectivity index (χ0v) is 13.7. The summed E-state index contributed by atoms with van der Waals surface area (Å²) in [6.45, 7) is 2.55. The van der Waals surface area contributed by atoms with Crippen LogP contribution in [0, 0.1) is 0 Å². The SMILES string of the molecule is NCC1(c2ccccc2)CCN(c2ccnc3c2CC(=O)N3)CC1. The summed E-state index contributed by atoms with van der Waals surface area (Å²) in [6.07, 6.45) is 4.25. The minimum absolute atomic E-state index is 0.0301. The third-order valence-electron chi connectivity index (χ3n) is 5.46. The van der Waals surface area contributed by atoms with Gasteiger partial charge in [0.25, 0.3) is 0 Å². The van der Waals surface area contributed by atoms with Crippen molar-refractivity contribution < 1.29 is 4.79 Å². The van der Waals surface area contributed by atoms with Gasteiger partial charge in [-0.1, -0.05) is 30.3 Å². The Labute approximate surface area is 141 Å². The number of nitrogens with two attached hydrogens (primary N) is 1. The standard InChI is InChI=1S/C19H22N4O/c20-13-19(14-4-2-1-3-5-14)7-10-23(11-8-19)16-6-9-21-18-15(16)12-17(24)22-18/h1-6,9H,7-8,10-13,20H2,(H,21,22,24). The second-order valence-corrected chi connectivity index (χ2v) is 6.72. The Balaban J connectivity index is 1.57. The van der Waals surface area contributed by atoms with E-state index in [0.717, 1.165) is 43.0 Å². The van der Waals surface area contributed by atoms with E-state index >= 15 is 0 Å². The molecule has 0 radical (unpaired) electrons. The van der Waals surface area contributed by atoms with Gasteiger partial charge in [-0.05, 0) is 24.5 Å². The first kappa shape index (κ1) is 15.1. The fourth-order valence-electron chi connectivity index (χ4n) is 3.98. The number of hydrogen-bond donors (Lipinski definition) is 2. The molecule has 2 aromatic rings. The molecule has 124 valence electrons. The number of piperidine rings is 1. The predicted molar refractivity (Wildman–Crippen MR) is 95.2 cm³/mol. The number of carbonyl (C=O) groups is 1. The van der Waals surface area contributed by atoms with Gasteiger partial charge in [0.2, 0.25) is 5.91 Å². The van der Waals surface area contributed by atoms with Crippen molar-refractivity contribution in [3.8, 4) is 0 Å². The third-order valence-corrected chi connectivity index (χ3v) is 5.46. The molecule has 5 nitrogen and oxygen atoms in total. The van der Waals surface area contributed by atoms with Crippen LogP contribution in [0.1, 0.15) is 24.0 Å². The predicted octanol–water partition coefficient (Wildman–Crippen LogP) is 2.07. The summed E-state index contributed by atoms with van der Waals surface area (Å²) < 4.78 is 0. The molecule has 1 aromatic carbocycles. The molecule has 1 amide bonds. The van der Waals surface area contributed by atoms with Gasteiger partial charge in [-0.2, -0.15) is 0 Å². The molecule has 0 unspecified atom stereocenters. The van der Waals surface area contributed by atoms with Gasteiger partial charge in [-0.15, -0.1) is 0 Å². The van der Waals surface area contributed by atoms with E-state index in [1.807, 2.05) is 12.1 Å². The lowest BCUT2D eigenvalue weighted by Gasteiger charge is -2.43. The van der Waals surface area contributed by atoms with E-state index in [0.29, 0.717) is 13.0 Å². The van der Waals surface area contributed by atoms with Crippen molar-refractivity contribution in [1.82, 2.24) is 4.98 Å². The zero-order chi connectivity index (χ0) is 16.6. The van der Waals surface area contributed by atoms with Gasteiger partial charge in [-0.25, -0.2) is 4.98 Å². The van der Waals surface area contributed by atoms with Gasteiger partial charge in [-0.3, -0.25) is 4.79 Å². The molecule has 2 aliphatic heterocycles. The van der Waals surface area contributed by atoms with Crippen LogP contribution in [-0.2, 0) is 16.6 Å². The Morgan fingerprint density at radius 1 is 1.17 bits per heavy atom. The topological polar surface area (TPSA) is 71.2 Å². The molecular weight excluding hydrogens is 300 g/mol. The second-order valence-electron chi connectivity index (χ2n) is 6.72. The molecule has 1 aromatic heterocycles. The number of nitrogens with one attached hydrogen (secondary N) is 1. The average Bonchev–Trinajstić information content (AvgIpc) is 3.03. The van der Waals surface area contributed by atoms with E-state index in [-0.39, 0.29) is 11.3 Å². The van der Waals surface area contributed by atoms with Crippen molar-refractivity contribution in [3.63, 3.8) is 0 Å². The van der Waals surface area contributed by atoms with Crippen LogP contribution in [-0.4, -0.2) is 30.5 Å². The highest BCUT2D eigenvalue weighted by Gasteiger charge is 2.36. The van der Waals surface area contributed by atoms with Gasteiger partial charge < -0.3 is 16.0 Å². The van der Waals surface area contributed by atoms with Gasteiger partial charge in [0.15, 0.2) is 0 Å². The molecule has 0 bridgehead atoms. The Bertz CT molecular complexity index is 751. The minimum atomic E-state index is 0.0301. The van der Waals surface area contributed by atoms with Crippen LogP contribution in [0.15, 0.2) is 42.6 Å². The summed E-state index contributed by atoms with van der Waals surface area (Å²) >= 11 is 0. The maximum atomic E-state index is 11.7. The highest BCUT2D eigenvalue weighted by atomic mass is 16.1. The van der Waals surface area contributed by atoms with Crippen LogP contribution in [0.5, 0.6) is 0 Å². The Hall–Kier alpha value is -2.40. The molecular formula is C19H22N4O. The van der Waals surface area contributed by atoms with Gasteiger partial charge in [0.1, 0.15) is 5.82 Å². The van der Waals surface area contributed by atoms with Crippen LogP contribution < -0.4 is 16.0 Å². The molecule has 1 saturated heterocycles. The van der Waals surface area contributed by atoms with Crippen LogP contribution in [0.3, 0.4) is 0 Å². The van der Waals surface area contributed by atoms with Crippen molar-refractivity contribution in [2.75, 3.05) is 29.9 Å². The van der Waals surface area contributed by atoms with Crippen molar-refractivity contribution in [2.45, 2.75) is 24.7 Å². The number of carbonyl (C=O) groups excluding carboxylic acids is 1. The van der Waals surface area contributed by atoms with E-state index in [9.17, 15) is 4.79 Å². The molecule has 0 aliphatic carbocycles. The highest BCUT2D eigenvalue weighted by Crippen LogP contribution is 2.38. The zero-order valence-electron chi connectivity index (χ0n) is 13.7. The van der Waals surface area contributed by atoms with E-state index < -0.39 is 0 Å². The number of aromatic nitrogens is 1. The number of anilines is 2. The van der Waals surface area contributed by atoms with E-state index in [1.54, 1.807) is 6.20 Å². The van der Waals surface area contributed by atoms with Gasteiger partial charge in [0, 0.05) is 42.5 Å². The maximum absolute atomic E-state index is 11.7. The lowest BCUT2D eigenvalue weighted by Crippen LogP contribution is -2.47. The summed E-state index contributed by atoms with van der Waals surface area (Å²) in [7, 11) is 0. The lowest BCUT2D eigenvalue weighted by molar-refractivity contribution is -0.115. The van der Waals surface area contributed by atoms with Gasteiger partial charge >= 0.3 is 0 Å². The number of fused-ring (bicyclic) bond motifs is 1. The molecule has 1 fully saturated rings. The largest absolute Gasteiger partial charge is 0.371 e. The molecule has 0 atom stereocenters. The first-order chi connectivity index (χ1) is 11.7. The molecule has 24 heavy (non-hydrogen) atoms. The van der Waals surface area contributed by atoms with E-state index in [2.05, 4.69) is 39.5 Å². The molecule has 2 aliphatic rings.